The molecule has 0 saturated heterocycles. The van der Waals surface area contributed by atoms with E-state index in [1.54, 1.807) is 12.3 Å². The van der Waals surface area contributed by atoms with Crippen molar-refractivity contribution in [3.63, 3.8) is 0 Å². The van der Waals surface area contributed by atoms with E-state index in [4.69, 9.17) is 4.74 Å². The van der Waals surface area contributed by atoms with Gasteiger partial charge < -0.3 is 10.1 Å². The van der Waals surface area contributed by atoms with Gasteiger partial charge in [0.1, 0.15) is 10.7 Å². The standard InChI is InChI=1S/C11H18N2O3S/c1-4-16-8-9(2)13-11-10(17(3,14)15)6-5-7-12-11/h5-7,9H,4,8H2,1-3H3,(H,12,13). The topological polar surface area (TPSA) is 68.3 Å². The lowest BCUT2D eigenvalue weighted by Crippen LogP contribution is -2.23. The number of nitrogens with zero attached hydrogens (tertiary/aromatic N) is 1. The Hall–Kier alpha value is -1.14. The molecule has 1 aromatic rings. The van der Waals surface area contributed by atoms with Crippen LogP contribution in [0, 0.1) is 0 Å². The van der Waals surface area contributed by atoms with Crippen molar-refractivity contribution in [1.29, 1.82) is 0 Å². The average Bonchev–Trinajstić information content (AvgIpc) is 2.25. The van der Waals surface area contributed by atoms with Crippen LogP contribution in [0.3, 0.4) is 0 Å². The normalized spacial score (nSPS) is 13.4. The second kappa shape index (κ2) is 5.97. The fourth-order valence-corrected chi connectivity index (χ4v) is 2.16. The molecule has 0 aliphatic rings. The van der Waals surface area contributed by atoms with Crippen LogP contribution in [-0.4, -0.2) is 38.9 Å². The van der Waals surface area contributed by atoms with E-state index in [2.05, 4.69) is 10.3 Å². The largest absolute Gasteiger partial charge is 0.380 e. The molecule has 1 N–H and O–H groups in total. The zero-order valence-electron chi connectivity index (χ0n) is 10.3. The molecule has 6 heteroatoms. The van der Waals surface area contributed by atoms with Crippen molar-refractivity contribution in [2.75, 3.05) is 24.8 Å². The molecule has 0 radical (unpaired) electrons. The Morgan fingerprint density at radius 1 is 1.53 bits per heavy atom. The number of rotatable bonds is 6. The van der Waals surface area contributed by atoms with Gasteiger partial charge >= 0.3 is 0 Å². The van der Waals surface area contributed by atoms with Crippen LogP contribution >= 0.6 is 0 Å². The van der Waals surface area contributed by atoms with Crippen LogP contribution in [0.1, 0.15) is 13.8 Å². The summed E-state index contributed by atoms with van der Waals surface area (Å²) in [4.78, 5) is 4.26. The van der Waals surface area contributed by atoms with Crippen molar-refractivity contribution in [2.24, 2.45) is 0 Å². The molecule has 1 unspecified atom stereocenters. The highest BCUT2D eigenvalue weighted by molar-refractivity contribution is 7.90. The number of anilines is 1. The van der Waals surface area contributed by atoms with E-state index < -0.39 is 9.84 Å². The van der Waals surface area contributed by atoms with E-state index in [1.165, 1.54) is 12.3 Å². The second-order valence-electron chi connectivity index (χ2n) is 3.83. The lowest BCUT2D eigenvalue weighted by Gasteiger charge is -2.16. The summed E-state index contributed by atoms with van der Waals surface area (Å²) in [5.41, 5.74) is 0. The summed E-state index contributed by atoms with van der Waals surface area (Å²) in [6.07, 6.45) is 2.73. The number of sulfone groups is 1. The molecule has 1 heterocycles. The Labute approximate surface area is 102 Å². The summed E-state index contributed by atoms with van der Waals surface area (Å²) in [6.45, 7) is 4.97. The number of ether oxygens (including phenoxy) is 1. The van der Waals surface area contributed by atoms with Crippen LogP contribution in [0.2, 0.25) is 0 Å². The fraction of sp³-hybridized carbons (Fsp3) is 0.545. The van der Waals surface area contributed by atoms with Crippen LogP contribution in [0.15, 0.2) is 23.2 Å². The van der Waals surface area contributed by atoms with Crippen molar-refractivity contribution < 1.29 is 13.2 Å². The first-order chi connectivity index (χ1) is 7.95. The lowest BCUT2D eigenvalue weighted by atomic mass is 10.3. The quantitative estimate of drug-likeness (QED) is 0.833. The summed E-state index contributed by atoms with van der Waals surface area (Å²) in [5, 5.41) is 3.04. The summed E-state index contributed by atoms with van der Waals surface area (Å²) >= 11 is 0. The van der Waals surface area contributed by atoms with Gasteiger partial charge in [0, 0.05) is 25.1 Å². The zero-order chi connectivity index (χ0) is 12.9. The summed E-state index contributed by atoms with van der Waals surface area (Å²) in [7, 11) is -3.27. The number of nitrogens with one attached hydrogen (secondary N) is 1. The molecular weight excluding hydrogens is 240 g/mol. The maximum absolute atomic E-state index is 11.5. The van der Waals surface area contributed by atoms with Gasteiger partial charge in [-0.15, -0.1) is 0 Å². The van der Waals surface area contributed by atoms with Gasteiger partial charge in [0.15, 0.2) is 9.84 Å². The van der Waals surface area contributed by atoms with Crippen LogP contribution in [0.4, 0.5) is 5.82 Å². The van der Waals surface area contributed by atoms with E-state index in [9.17, 15) is 8.42 Å². The van der Waals surface area contributed by atoms with E-state index in [0.717, 1.165) is 0 Å². The summed E-state index contributed by atoms with van der Waals surface area (Å²) < 4.78 is 28.3. The third-order valence-electron chi connectivity index (χ3n) is 2.13. The van der Waals surface area contributed by atoms with E-state index >= 15 is 0 Å². The Balaban J connectivity index is 2.84. The number of hydrogen-bond donors (Lipinski definition) is 1. The predicted octanol–water partition coefficient (Wildman–Crippen LogP) is 1.32. The summed E-state index contributed by atoms with van der Waals surface area (Å²) in [6, 6.07) is 3.15. The lowest BCUT2D eigenvalue weighted by molar-refractivity contribution is 0.141. The van der Waals surface area contributed by atoms with Crippen LogP contribution in [0.25, 0.3) is 0 Å². The smallest absolute Gasteiger partial charge is 0.179 e. The highest BCUT2D eigenvalue weighted by atomic mass is 32.2. The highest BCUT2D eigenvalue weighted by Crippen LogP contribution is 2.18. The molecule has 0 aliphatic carbocycles. The SMILES string of the molecule is CCOCC(C)Nc1ncccc1S(C)(=O)=O. The predicted molar refractivity (Wildman–Crippen MR) is 66.9 cm³/mol. The molecule has 0 aliphatic heterocycles. The molecule has 1 aromatic heterocycles. The Morgan fingerprint density at radius 2 is 2.24 bits per heavy atom. The molecule has 5 nitrogen and oxygen atoms in total. The van der Waals surface area contributed by atoms with Crippen LogP contribution < -0.4 is 5.32 Å². The summed E-state index contributed by atoms with van der Waals surface area (Å²) in [5.74, 6) is 0.377. The zero-order valence-corrected chi connectivity index (χ0v) is 11.1. The first-order valence-corrected chi connectivity index (χ1v) is 7.33. The fourth-order valence-electron chi connectivity index (χ4n) is 1.37. The van der Waals surface area contributed by atoms with Gasteiger partial charge in [0.25, 0.3) is 0 Å². The molecule has 0 fully saturated rings. The Kier molecular flexibility index (Phi) is 4.89. The van der Waals surface area contributed by atoms with E-state index in [0.29, 0.717) is 19.0 Å². The molecule has 96 valence electrons. The maximum Gasteiger partial charge on any atom is 0.179 e. The van der Waals surface area contributed by atoms with Gasteiger partial charge in [-0.3, -0.25) is 0 Å². The second-order valence-corrected chi connectivity index (χ2v) is 5.81. The van der Waals surface area contributed by atoms with Crippen molar-refractivity contribution in [1.82, 2.24) is 4.98 Å². The molecule has 0 amide bonds. The number of hydrogen-bond acceptors (Lipinski definition) is 5. The minimum atomic E-state index is -3.27. The minimum absolute atomic E-state index is 0.00495. The van der Waals surface area contributed by atoms with Gasteiger partial charge in [-0.05, 0) is 26.0 Å². The Bertz CT molecular complexity index is 460. The van der Waals surface area contributed by atoms with Crippen molar-refractivity contribution in [3.05, 3.63) is 18.3 Å². The van der Waals surface area contributed by atoms with Gasteiger partial charge in [-0.1, -0.05) is 0 Å². The number of pyridine rings is 1. The van der Waals surface area contributed by atoms with Gasteiger partial charge in [-0.25, -0.2) is 13.4 Å². The third kappa shape index (κ3) is 4.32. The monoisotopic (exact) mass is 258 g/mol. The first-order valence-electron chi connectivity index (χ1n) is 5.44. The van der Waals surface area contributed by atoms with E-state index in [1.807, 2.05) is 13.8 Å². The van der Waals surface area contributed by atoms with E-state index in [-0.39, 0.29) is 10.9 Å². The minimum Gasteiger partial charge on any atom is -0.380 e. The van der Waals surface area contributed by atoms with Gasteiger partial charge in [0.05, 0.1) is 6.61 Å². The maximum atomic E-state index is 11.5. The van der Waals surface area contributed by atoms with Crippen molar-refractivity contribution >= 4 is 15.7 Å². The molecule has 17 heavy (non-hydrogen) atoms. The van der Waals surface area contributed by atoms with Gasteiger partial charge in [0.2, 0.25) is 0 Å². The average molecular weight is 258 g/mol. The third-order valence-corrected chi connectivity index (χ3v) is 3.25. The van der Waals surface area contributed by atoms with Crippen molar-refractivity contribution in [2.45, 2.75) is 24.8 Å². The highest BCUT2D eigenvalue weighted by Gasteiger charge is 2.15. The number of aromatic nitrogens is 1. The van der Waals surface area contributed by atoms with Crippen LogP contribution in [0.5, 0.6) is 0 Å². The molecule has 0 saturated carbocycles. The van der Waals surface area contributed by atoms with Crippen LogP contribution in [-0.2, 0) is 14.6 Å². The van der Waals surface area contributed by atoms with Crippen molar-refractivity contribution in [3.8, 4) is 0 Å². The first kappa shape index (κ1) is 13.9. The molecule has 1 atom stereocenters. The molecule has 0 spiro atoms. The Morgan fingerprint density at radius 3 is 2.82 bits per heavy atom. The van der Waals surface area contributed by atoms with Gasteiger partial charge in [-0.2, -0.15) is 0 Å². The molecule has 0 bridgehead atoms. The molecule has 0 aromatic carbocycles. The molecule has 1 rings (SSSR count). The molecular formula is C11H18N2O3S.